The van der Waals surface area contributed by atoms with E-state index in [1.54, 1.807) is 13.0 Å². The summed E-state index contributed by atoms with van der Waals surface area (Å²) >= 11 is 0. The van der Waals surface area contributed by atoms with E-state index >= 15 is 0 Å². The third-order valence-electron chi connectivity index (χ3n) is 3.03. The fraction of sp³-hybridized carbons (Fsp3) is 0.500. The summed E-state index contributed by atoms with van der Waals surface area (Å²) in [6.07, 6.45) is -0.0909. The summed E-state index contributed by atoms with van der Waals surface area (Å²) in [5.74, 6) is 0.889. The second-order valence-corrected chi connectivity index (χ2v) is 5.61. The first-order chi connectivity index (χ1) is 9.84. The van der Waals surface area contributed by atoms with Crippen molar-refractivity contribution >= 4 is 12.6 Å². The van der Waals surface area contributed by atoms with Crippen molar-refractivity contribution in [1.29, 1.82) is 5.26 Å². The van der Waals surface area contributed by atoms with Gasteiger partial charge in [-0.1, -0.05) is 6.07 Å². The van der Waals surface area contributed by atoms with Crippen molar-refractivity contribution in [2.75, 3.05) is 6.61 Å². The second-order valence-electron chi connectivity index (χ2n) is 5.61. The van der Waals surface area contributed by atoms with Crippen LogP contribution in [0.15, 0.2) is 12.1 Å². The molecule has 112 valence electrons. The Labute approximate surface area is 124 Å². The lowest BCUT2D eigenvalue weighted by Crippen LogP contribution is -2.41. The molecule has 0 spiro atoms. The van der Waals surface area contributed by atoms with Gasteiger partial charge in [-0.3, -0.25) is 0 Å². The Balaban J connectivity index is 2.33. The van der Waals surface area contributed by atoms with E-state index in [4.69, 9.17) is 25.1 Å². The molecule has 0 saturated heterocycles. The highest BCUT2D eigenvalue weighted by atomic mass is 16.5. The van der Waals surface area contributed by atoms with Gasteiger partial charge in [-0.2, -0.15) is 5.26 Å². The molecule has 2 rings (SSSR count). The Morgan fingerprint density at radius 2 is 2.29 bits per heavy atom. The molecule has 1 aromatic rings. The van der Waals surface area contributed by atoms with Gasteiger partial charge in [0.1, 0.15) is 12.1 Å². The molecule has 0 fully saturated rings. The summed E-state index contributed by atoms with van der Waals surface area (Å²) in [6.45, 7) is 5.70. The first kappa shape index (κ1) is 15.6. The molecule has 0 aromatic heterocycles. The number of hydrogen-bond acceptors (Lipinski definition) is 6. The molecule has 0 aliphatic carbocycles. The number of nitriles is 1. The number of ether oxygens (including phenoxy) is 2. The number of rotatable bonds is 5. The standard InChI is InChI=1S/C14H19BN2O4/c1-9(2)21-13-11(19-8-14(3,17)7-16)5-4-10-6-20-15(18)12(10)13/h4-5,9,18H,6,8,17H2,1-3H3/t14-/m1/s1. The van der Waals surface area contributed by atoms with Crippen LogP contribution in [0.4, 0.5) is 0 Å². The molecule has 0 radical (unpaired) electrons. The van der Waals surface area contributed by atoms with E-state index in [0.29, 0.717) is 23.6 Å². The summed E-state index contributed by atoms with van der Waals surface area (Å²) in [7, 11) is -1.03. The Kier molecular flexibility index (Phi) is 4.42. The summed E-state index contributed by atoms with van der Waals surface area (Å²) in [5, 5.41) is 18.9. The van der Waals surface area contributed by atoms with Crippen LogP contribution in [0.25, 0.3) is 0 Å². The van der Waals surface area contributed by atoms with Crippen LogP contribution in [0.1, 0.15) is 26.3 Å². The third-order valence-corrected chi connectivity index (χ3v) is 3.03. The van der Waals surface area contributed by atoms with Crippen LogP contribution in [0.5, 0.6) is 11.5 Å². The summed E-state index contributed by atoms with van der Waals surface area (Å²) < 4.78 is 16.6. The Hall–Kier alpha value is -1.75. The molecule has 0 unspecified atom stereocenters. The molecule has 1 heterocycles. The number of nitrogens with zero attached hydrogens (tertiary/aromatic N) is 1. The summed E-state index contributed by atoms with van der Waals surface area (Å²) in [5.41, 5.74) is 6.10. The third kappa shape index (κ3) is 3.48. The van der Waals surface area contributed by atoms with Gasteiger partial charge in [0.15, 0.2) is 11.5 Å². The van der Waals surface area contributed by atoms with Gasteiger partial charge >= 0.3 is 7.12 Å². The molecule has 1 atom stereocenters. The van der Waals surface area contributed by atoms with Crippen molar-refractivity contribution in [3.05, 3.63) is 17.7 Å². The van der Waals surface area contributed by atoms with Crippen LogP contribution in [-0.4, -0.2) is 30.4 Å². The molecule has 0 saturated carbocycles. The molecule has 0 bridgehead atoms. The molecule has 0 amide bonds. The van der Waals surface area contributed by atoms with Gasteiger partial charge in [-0.15, -0.1) is 0 Å². The van der Waals surface area contributed by atoms with Gasteiger partial charge in [0.2, 0.25) is 0 Å². The zero-order valence-electron chi connectivity index (χ0n) is 12.4. The topological polar surface area (TPSA) is 97.7 Å². The van der Waals surface area contributed by atoms with Gasteiger partial charge in [-0.25, -0.2) is 0 Å². The van der Waals surface area contributed by atoms with E-state index in [-0.39, 0.29) is 12.7 Å². The molecule has 1 aromatic carbocycles. The largest absolute Gasteiger partial charge is 0.495 e. The lowest BCUT2D eigenvalue weighted by atomic mass is 9.78. The first-order valence-corrected chi connectivity index (χ1v) is 6.79. The number of benzene rings is 1. The number of fused-ring (bicyclic) bond motifs is 1. The monoisotopic (exact) mass is 290 g/mol. The zero-order valence-corrected chi connectivity index (χ0v) is 12.4. The van der Waals surface area contributed by atoms with Crippen molar-refractivity contribution in [3.63, 3.8) is 0 Å². The molecule has 1 aliphatic rings. The number of hydrogen-bond donors (Lipinski definition) is 2. The Morgan fingerprint density at radius 3 is 2.90 bits per heavy atom. The average Bonchev–Trinajstić information content (AvgIpc) is 2.79. The molecule has 6 nitrogen and oxygen atoms in total. The van der Waals surface area contributed by atoms with Crippen LogP contribution in [0.3, 0.4) is 0 Å². The van der Waals surface area contributed by atoms with E-state index in [9.17, 15) is 5.02 Å². The first-order valence-electron chi connectivity index (χ1n) is 6.79. The lowest BCUT2D eigenvalue weighted by Gasteiger charge is -2.21. The van der Waals surface area contributed by atoms with Crippen LogP contribution >= 0.6 is 0 Å². The predicted octanol–water partition coefficient (Wildman–Crippen LogP) is 0.311. The minimum atomic E-state index is -1.09. The predicted molar refractivity (Wildman–Crippen MR) is 78.3 cm³/mol. The Bertz CT molecular complexity index is 569. The van der Waals surface area contributed by atoms with Gasteiger partial charge in [0, 0.05) is 5.46 Å². The number of nitrogens with two attached hydrogens (primary N) is 1. The average molecular weight is 290 g/mol. The minimum absolute atomic E-state index is 0.0215. The molecular formula is C14H19BN2O4. The molecule has 1 aliphatic heterocycles. The lowest BCUT2D eigenvalue weighted by molar-refractivity contribution is 0.211. The van der Waals surface area contributed by atoms with E-state index in [2.05, 4.69) is 0 Å². The van der Waals surface area contributed by atoms with Crippen molar-refractivity contribution in [1.82, 2.24) is 0 Å². The van der Waals surface area contributed by atoms with Crippen molar-refractivity contribution < 1.29 is 19.2 Å². The summed E-state index contributed by atoms with van der Waals surface area (Å²) in [4.78, 5) is 0. The van der Waals surface area contributed by atoms with Gasteiger partial charge in [-0.05, 0) is 32.4 Å². The highest BCUT2D eigenvalue weighted by molar-refractivity contribution is 6.62. The molecule has 3 N–H and O–H groups in total. The molecule has 7 heteroatoms. The van der Waals surface area contributed by atoms with E-state index in [1.165, 1.54) is 0 Å². The van der Waals surface area contributed by atoms with Crippen LogP contribution < -0.4 is 20.7 Å². The fourth-order valence-electron chi connectivity index (χ4n) is 2.00. The SMILES string of the molecule is CC(C)Oc1c(OC[C@](C)(N)C#N)ccc2c1B(O)OC2. The summed E-state index contributed by atoms with van der Waals surface area (Å²) in [6, 6.07) is 5.53. The fourth-order valence-corrected chi connectivity index (χ4v) is 2.00. The molecular weight excluding hydrogens is 271 g/mol. The van der Waals surface area contributed by atoms with Crippen LogP contribution in [-0.2, 0) is 11.3 Å². The van der Waals surface area contributed by atoms with E-state index < -0.39 is 12.7 Å². The smallest absolute Gasteiger partial charge is 0.487 e. The van der Waals surface area contributed by atoms with Crippen molar-refractivity contribution in [2.24, 2.45) is 5.73 Å². The molecule has 21 heavy (non-hydrogen) atoms. The van der Waals surface area contributed by atoms with Gasteiger partial charge < -0.3 is 24.9 Å². The normalized spacial score (nSPS) is 16.3. The van der Waals surface area contributed by atoms with Crippen LogP contribution in [0, 0.1) is 11.3 Å². The maximum absolute atomic E-state index is 9.94. The second kappa shape index (κ2) is 5.94. The Morgan fingerprint density at radius 1 is 1.57 bits per heavy atom. The van der Waals surface area contributed by atoms with E-state index in [1.807, 2.05) is 26.0 Å². The van der Waals surface area contributed by atoms with Crippen molar-refractivity contribution in [3.8, 4) is 17.6 Å². The zero-order chi connectivity index (χ0) is 15.6. The quantitative estimate of drug-likeness (QED) is 0.757. The highest BCUT2D eigenvalue weighted by Gasteiger charge is 2.34. The maximum Gasteiger partial charge on any atom is 0.495 e. The van der Waals surface area contributed by atoms with Gasteiger partial charge in [0.05, 0.1) is 18.8 Å². The minimum Gasteiger partial charge on any atom is -0.487 e. The van der Waals surface area contributed by atoms with E-state index in [0.717, 1.165) is 5.56 Å². The highest BCUT2D eigenvalue weighted by Crippen LogP contribution is 2.31. The van der Waals surface area contributed by atoms with Crippen molar-refractivity contribution in [2.45, 2.75) is 39.0 Å². The maximum atomic E-state index is 9.94. The van der Waals surface area contributed by atoms with Gasteiger partial charge in [0.25, 0.3) is 0 Å². The van der Waals surface area contributed by atoms with Crippen LogP contribution in [0.2, 0.25) is 0 Å².